The van der Waals surface area contributed by atoms with Gasteiger partial charge in [0, 0.05) is 12.3 Å². The summed E-state index contributed by atoms with van der Waals surface area (Å²) in [6, 6.07) is 0. The van der Waals surface area contributed by atoms with Crippen molar-refractivity contribution in [2.75, 3.05) is 18.9 Å². The van der Waals surface area contributed by atoms with E-state index < -0.39 is 32.9 Å². The summed E-state index contributed by atoms with van der Waals surface area (Å²) in [5, 5.41) is 28.0. The van der Waals surface area contributed by atoms with E-state index in [2.05, 4.69) is 0 Å². The lowest BCUT2D eigenvalue weighted by atomic mass is 10.3. The van der Waals surface area contributed by atoms with E-state index in [0.717, 1.165) is 38.5 Å². The third-order valence-corrected chi connectivity index (χ3v) is 11.8. The molecule has 0 aromatic heterocycles. The van der Waals surface area contributed by atoms with Gasteiger partial charge in [0.05, 0.1) is 6.61 Å². The molecule has 20 heavy (non-hydrogen) atoms. The monoisotopic (exact) mass is 328 g/mol. The molecule has 0 aromatic carbocycles. The minimum Gasteiger partial charge on any atom is -0.394 e. The van der Waals surface area contributed by atoms with Crippen molar-refractivity contribution in [1.82, 2.24) is 0 Å². The van der Waals surface area contributed by atoms with Crippen LogP contribution in [0.3, 0.4) is 0 Å². The fourth-order valence-corrected chi connectivity index (χ4v) is 9.36. The van der Waals surface area contributed by atoms with Crippen LogP contribution in [-0.2, 0) is 9.13 Å². The molecule has 7 heteroatoms. The van der Waals surface area contributed by atoms with Crippen LogP contribution in [0.25, 0.3) is 0 Å². The lowest BCUT2D eigenvalue weighted by Crippen LogP contribution is -2.26. The Hall–Kier alpha value is 0.340. The summed E-state index contributed by atoms with van der Waals surface area (Å²) < 4.78 is 25.3. The summed E-state index contributed by atoms with van der Waals surface area (Å²) in [6.07, 6.45) is 4.56. The van der Waals surface area contributed by atoms with Gasteiger partial charge in [-0.2, -0.15) is 0 Å². The fraction of sp³-hybridized carbons (Fsp3) is 1.00. The van der Waals surface area contributed by atoms with Gasteiger partial charge in [0.1, 0.15) is 18.8 Å². The van der Waals surface area contributed by atoms with Crippen molar-refractivity contribution < 1.29 is 24.4 Å². The molecule has 5 nitrogen and oxygen atoms in total. The molecule has 122 valence electrons. The molecule has 0 aliphatic heterocycles. The first-order valence-electron chi connectivity index (χ1n) is 7.52. The molecule has 0 aliphatic carbocycles. The summed E-state index contributed by atoms with van der Waals surface area (Å²) in [4.78, 5) is 0. The van der Waals surface area contributed by atoms with Gasteiger partial charge >= 0.3 is 0 Å². The number of aliphatic hydroxyl groups excluding tert-OH is 3. The second kappa shape index (κ2) is 11.0. The molecule has 0 spiro atoms. The lowest BCUT2D eigenvalue weighted by Gasteiger charge is -2.23. The molecule has 0 aliphatic rings. The van der Waals surface area contributed by atoms with E-state index in [1.54, 1.807) is 0 Å². The van der Waals surface area contributed by atoms with Crippen LogP contribution in [0, 0.1) is 0 Å². The normalized spacial score (nSPS) is 16.9. The second-order valence-corrected chi connectivity index (χ2v) is 13.0. The Balaban J connectivity index is 4.79. The molecule has 0 fully saturated rings. The Morgan fingerprint density at radius 1 is 1.00 bits per heavy atom. The van der Waals surface area contributed by atoms with Gasteiger partial charge in [-0.1, -0.05) is 39.5 Å². The van der Waals surface area contributed by atoms with E-state index in [9.17, 15) is 19.3 Å². The van der Waals surface area contributed by atoms with Crippen molar-refractivity contribution in [3.05, 3.63) is 0 Å². The highest BCUT2D eigenvalue weighted by Crippen LogP contribution is 2.71. The largest absolute Gasteiger partial charge is 0.394 e. The molecule has 3 N–H and O–H groups in total. The minimum absolute atomic E-state index is 0.373. The first kappa shape index (κ1) is 20.3. The molecule has 0 saturated carbocycles. The Morgan fingerprint density at radius 2 is 1.45 bits per heavy atom. The quantitative estimate of drug-likeness (QED) is 0.378. The molecule has 3 unspecified atom stereocenters. The first-order chi connectivity index (χ1) is 9.42. The van der Waals surface area contributed by atoms with Gasteiger partial charge in [-0.25, -0.2) is 0 Å². The predicted molar refractivity (Wildman–Crippen MR) is 84.5 cm³/mol. The molecule has 0 bridgehead atoms. The van der Waals surface area contributed by atoms with Crippen LogP contribution in [0.2, 0.25) is 0 Å². The topological polar surface area (TPSA) is 94.8 Å². The highest BCUT2D eigenvalue weighted by atomic mass is 32.1. The van der Waals surface area contributed by atoms with Gasteiger partial charge in [0.15, 0.2) is 7.49 Å². The zero-order chi connectivity index (χ0) is 15.6. The van der Waals surface area contributed by atoms with Crippen LogP contribution >= 0.6 is 14.3 Å². The molecule has 3 atom stereocenters. The van der Waals surface area contributed by atoms with Crippen molar-refractivity contribution in [3.63, 3.8) is 0 Å². The standard InChI is InChI=1S/C13H30O5P2/c1-3-5-7-9-20(18,10-8-6-4-2)19(17)13(16)12(15)11-14/h12-16,19H,3-11H2,1-2H3. The van der Waals surface area contributed by atoms with Gasteiger partial charge in [0.2, 0.25) is 0 Å². The van der Waals surface area contributed by atoms with Crippen LogP contribution in [0.15, 0.2) is 0 Å². The fourth-order valence-electron chi connectivity index (χ4n) is 2.07. The van der Waals surface area contributed by atoms with Crippen LogP contribution < -0.4 is 0 Å². The molecular formula is C13H30O5P2. The van der Waals surface area contributed by atoms with Crippen molar-refractivity contribution in [2.45, 2.75) is 64.3 Å². The number of unbranched alkanes of at least 4 members (excludes halogenated alkanes) is 4. The highest BCUT2D eigenvalue weighted by Gasteiger charge is 2.36. The maximum Gasteiger partial charge on any atom is 0.161 e. The van der Waals surface area contributed by atoms with Crippen molar-refractivity contribution in [2.24, 2.45) is 0 Å². The van der Waals surface area contributed by atoms with Crippen LogP contribution in [0.1, 0.15) is 52.4 Å². The Morgan fingerprint density at radius 3 is 1.80 bits per heavy atom. The van der Waals surface area contributed by atoms with E-state index in [1.807, 2.05) is 13.8 Å². The molecule has 0 radical (unpaired) electrons. The zero-order valence-electron chi connectivity index (χ0n) is 12.6. The number of hydrogen-bond donors (Lipinski definition) is 3. The maximum atomic E-state index is 12.9. The summed E-state index contributed by atoms with van der Waals surface area (Å²) in [5.41, 5.74) is 0. The third kappa shape index (κ3) is 6.87. The van der Waals surface area contributed by atoms with Crippen LogP contribution in [0.4, 0.5) is 0 Å². The first-order valence-corrected chi connectivity index (χ1v) is 11.9. The van der Waals surface area contributed by atoms with Crippen LogP contribution in [-0.4, -0.2) is 46.2 Å². The lowest BCUT2D eigenvalue weighted by molar-refractivity contribution is 0.0254. The van der Waals surface area contributed by atoms with E-state index in [4.69, 9.17) is 5.11 Å². The van der Waals surface area contributed by atoms with Crippen LogP contribution in [0.5, 0.6) is 0 Å². The number of hydrogen-bond acceptors (Lipinski definition) is 5. The average Bonchev–Trinajstić information content (AvgIpc) is 2.45. The van der Waals surface area contributed by atoms with Gasteiger partial charge in [-0.05, 0) is 12.8 Å². The molecule has 0 aromatic rings. The molecule has 0 saturated heterocycles. The Bertz CT molecular complexity index is 308. The van der Waals surface area contributed by atoms with Gasteiger partial charge in [-0.15, -0.1) is 0 Å². The Labute approximate surface area is 122 Å². The number of rotatable bonds is 12. The van der Waals surface area contributed by atoms with E-state index >= 15 is 0 Å². The molecule has 0 heterocycles. The Kier molecular flexibility index (Phi) is 11.2. The average molecular weight is 328 g/mol. The molecular weight excluding hydrogens is 298 g/mol. The highest BCUT2D eigenvalue weighted by molar-refractivity contribution is 8.27. The molecule has 0 rings (SSSR count). The zero-order valence-corrected chi connectivity index (χ0v) is 14.5. The van der Waals surface area contributed by atoms with E-state index in [0.29, 0.717) is 12.3 Å². The smallest absolute Gasteiger partial charge is 0.161 e. The molecule has 0 amide bonds. The minimum atomic E-state index is -2.97. The second-order valence-electron chi connectivity index (χ2n) is 5.28. The number of aliphatic hydroxyl groups is 3. The summed E-state index contributed by atoms with van der Waals surface area (Å²) in [7, 11) is -2.83. The van der Waals surface area contributed by atoms with Gasteiger partial charge in [0.25, 0.3) is 0 Å². The summed E-state index contributed by atoms with van der Waals surface area (Å²) >= 11 is 0. The summed E-state index contributed by atoms with van der Waals surface area (Å²) in [5.74, 6) is -1.56. The predicted octanol–water partition coefficient (Wildman–Crippen LogP) is 2.88. The maximum absolute atomic E-state index is 12.9. The van der Waals surface area contributed by atoms with Gasteiger partial charge < -0.3 is 24.4 Å². The van der Waals surface area contributed by atoms with E-state index in [1.165, 1.54) is 0 Å². The van der Waals surface area contributed by atoms with E-state index in [-0.39, 0.29) is 0 Å². The van der Waals surface area contributed by atoms with Crippen molar-refractivity contribution in [3.8, 4) is 0 Å². The van der Waals surface area contributed by atoms with Crippen molar-refractivity contribution >= 4 is 14.3 Å². The summed E-state index contributed by atoms with van der Waals surface area (Å²) in [6.45, 7) is 0.441. The third-order valence-electron chi connectivity index (χ3n) is 3.45. The van der Waals surface area contributed by atoms with Gasteiger partial charge in [-0.3, -0.25) is 0 Å². The van der Waals surface area contributed by atoms with Crippen molar-refractivity contribution in [1.29, 1.82) is 0 Å². The SMILES string of the molecule is CCCCCP(=O)(CCCCC)[PH](=O)C(O)C(O)CO.